The summed E-state index contributed by atoms with van der Waals surface area (Å²) in [5, 5.41) is 12.0. The fourth-order valence-electron chi connectivity index (χ4n) is 7.85. The molecule has 47 heavy (non-hydrogen) atoms. The molecule has 1 aromatic heterocycles. The summed E-state index contributed by atoms with van der Waals surface area (Å²) < 4.78 is 37.8. The van der Waals surface area contributed by atoms with Crippen molar-refractivity contribution in [2.45, 2.75) is 69.6 Å². The number of fused-ring (bicyclic) bond motifs is 4. The number of carbonyl (C=O) groups excluding carboxylic acids is 1. The lowest BCUT2D eigenvalue weighted by molar-refractivity contribution is 0.0455. The van der Waals surface area contributed by atoms with E-state index in [1.165, 1.54) is 15.4 Å². The van der Waals surface area contributed by atoms with Gasteiger partial charge in [0.15, 0.2) is 0 Å². The Kier molecular flexibility index (Phi) is 8.80. The van der Waals surface area contributed by atoms with Crippen molar-refractivity contribution in [3.63, 3.8) is 0 Å². The molecule has 2 aliphatic carbocycles. The molecule has 3 heterocycles. The van der Waals surface area contributed by atoms with Crippen LogP contribution in [0.25, 0.3) is 0 Å². The van der Waals surface area contributed by atoms with Gasteiger partial charge in [-0.05, 0) is 111 Å². The molecule has 2 bridgehead atoms. The average molecular weight is 677 g/mol. The summed E-state index contributed by atoms with van der Waals surface area (Å²) >= 11 is 6.41. The quantitative estimate of drug-likeness (QED) is 0.349. The van der Waals surface area contributed by atoms with Crippen LogP contribution in [-0.4, -0.2) is 60.6 Å². The van der Waals surface area contributed by atoms with E-state index < -0.39 is 28.3 Å². The minimum Gasteiger partial charge on any atom is -0.490 e. The molecule has 0 saturated heterocycles. The number of aliphatic hydroxyl groups excluding tert-OH is 1. The molecule has 2 unspecified atom stereocenters. The van der Waals surface area contributed by atoms with Crippen molar-refractivity contribution >= 4 is 33.4 Å². The molecule has 11 heteroatoms. The van der Waals surface area contributed by atoms with Crippen LogP contribution in [0.4, 0.5) is 5.69 Å². The lowest BCUT2D eigenvalue weighted by atomic mass is 9.68. The van der Waals surface area contributed by atoms with Gasteiger partial charge in [0.2, 0.25) is 0 Å². The summed E-state index contributed by atoms with van der Waals surface area (Å²) in [7, 11) is -4.28. The molecule has 2 aliphatic heterocycles. The molecule has 1 spiro atoms. The number of ether oxygens (including phenoxy) is 1. The molecular formula is C36H41ClN4O5S. The summed E-state index contributed by atoms with van der Waals surface area (Å²) in [5.41, 5.74) is 3.75. The molecule has 5 atom stereocenters. The Hall–Kier alpha value is -3.44. The molecule has 248 valence electrons. The van der Waals surface area contributed by atoms with Crippen LogP contribution < -0.4 is 14.4 Å². The first-order valence-corrected chi connectivity index (χ1v) is 18.3. The Bertz CT molecular complexity index is 1790. The molecule has 2 N–H and O–H groups in total. The number of pyridine rings is 1. The van der Waals surface area contributed by atoms with Crippen molar-refractivity contribution < 1.29 is 23.1 Å². The summed E-state index contributed by atoms with van der Waals surface area (Å²) in [4.78, 5) is 20.3. The molecule has 9 nitrogen and oxygen atoms in total. The Labute approximate surface area is 281 Å². The van der Waals surface area contributed by atoms with E-state index in [0.29, 0.717) is 37.6 Å². The Morgan fingerprint density at radius 2 is 2.02 bits per heavy atom. The van der Waals surface area contributed by atoms with Gasteiger partial charge in [0.05, 0.1) is 30.6 Å². The topological polar surface area (TPSA) is 112 Å². The monoisotopic (exact) mass is 676 g/mol. The number of halogens is 1. The van der Waals surface area contributed by atoms with E-state index in [-0.39, 0.29) is 29.4 Å². The molecule has 7 rings (SSSR count). The van der Waals surface area contributed by atoms with E-state index in [1.807, 2.05) is 18.2 Å². The van der Waals surface area contributed by atoms with Crippen LogP contribution in [0.2, 0.25) is 5.02 Å². The van der Waals surface area contributed by atoms with Gasteiger partial charge in [-0.1, -0.05) is 35.9 Å². The lowest BCUT2D eigenvalue weighted by Crippen LogP contribution is -2.49. The van der Waals surface area contributed by atoms with Crippen LogP contribution >= 0.6 is 11.6 Å². The normalized spacial score (nSPS) is 29.8. The largest absolute Gasteiger partial charge is 0.490 e. The fraction of sp³-hybridized carbons (Fsp3) is 0.444. The molecule has 2 aromatic carbocycles. The van der Waals surface area contributed by atoms with Gasteiger partial charge in [0, 0.05) is 41.3 Å². The summed E-state index contributed by atoms with van der Waals surface area (Å²) in [6.45, 7) is 3.62. The molecule has 1 fully saturated rings. The highest BCUT2D eigenvalue weighted by Crippen LogP contribution is 2.46. The van der Waals surface area contributed by atoms with Crippen LogP contribution in [0.1, 0.15) is 66.2 Å². The molecule has 1 amide bonds. The number of amides is 1. The highest BCUT2D eigenvalue weighted by Gasteiger charge is 2.44. The third-order valence-corrected chi connectivity index (χ3v) is 12.3. The maximum atomic E-state index is 13.8. The Morgan fingerprint density at radius 3 is 2.81 bits per heavy atom. The number of anilines is 1. The van der Waals surface area contributed by atoms with Crippen LogP contribution in [0, 0.1) is 11.8 Å². The number of nitrogens with one attached hydrogen (secondary N) is 1. The number of carbonyl (C=O) groups is 1. The molecular weight excluding hydrogens is 636 g/mol. The van der Waals surface area contributed by atoms with E-state index >= 15 is 0 Å². The van der Waals surface area contributed by atoms with Crippen LogP contribution in [0.15, 0.2) is 72.9 Å². The highest BCUT2D eigenvalue weighted by molar-refractivity contribution is 7.87. The van der Waals surface area contributed by atoms with Gasteiger partial charge >= 0.3 is 10.2 Å². The van der Waals surface area contributed by atoms with E-state index in [0.717, 1.165) is 42.8 Å². The molecule has 0 radical (unpaired) electrons. The van der Waals surface area contributed by atoms with Crippen molar-refractivity contribution in [3.05, 3.63) is 100 Å². The van der Waals surface area contributed by atoms with Crippen molar-refractivity contribution in [1.29, 1.82) is 0 Å². The number of aromatic nitrogens is 1. The molecule has 4 aliphatic rings. The highest BCUT2D eigenvalue weighted by atomic mass is 35.5. The predicted molar refractivity (Wildman–Crippen MR) is 182 cm³/mol. The zero-order chi connectivity index (χ0) is 32.8. The first kappa shape index (κ1) is 32.1. The number of rotatable bonds is 2. The summed E-state index contributed by atoms with van der Waals surface area (Å²) in [6, 6.07) is 16.1. The minimum absolute atomic E-state index is 0.00765. The number of aryl methyl sites for hydroxylation is 1. The predicted octanol–water partition coefficient (Wildman–Crippen LogP) is 5.42. The zero-order valence-electron chi connectivity index (χ0n) is 26.5. The second-order valence-electron chi connectivity index (χ2n) is 13.6. The molecule has 1 saturated carbocycles. The van der Waals surface area contributed by atoms with E-state index in [9.17, 15) is 18.3 Å². The minimum atomic E-state index is -4.28. The van der Waals surface area contributed by atoms with Crippen LogP contribution in [0.3, 0.4) is 0 Å². The number of nitrogens with zero attached hydrogens (tertiary/aromatic N) is 3. The number of benzene rings is 2. The SMILES string of the molecule is C[C@H]1C/C=C/[C@H](O)C2CCC2CN2C[C@@]3(CCCc4cc(Cl)ccc43)COc3ccc(cc32)C(=O)NS(=O)(=O)N1Cc1ccccn1. The average Bonchev–Trinajstić information content (AvgIpc) is 3.18. The third kappa shape index (κ3) is 6.40. The van der Waals surface area contributed by atoms with Crippen molar-refractivity contribution in [2.75, 3.05) is 24.6 Å². The Balaban J connectivity index is 1.28. The van der Waals surface area contributed by atoms with E-state index in [1.54, 1.807) is 49.5 Å². The number of hydrogen-bond donors (Lipinski definition) is 2. The first-order chi connectivity index (χ1) is 22.6. The maximum Gasteiger partial charge on any atom is 0.304 e. The van der Waals surface area contributed by atoms with E-state index in [4.69, 9.17) is 16.3 Å². The fourth-order valence-corrected chi connectivity index (χ4v) is 9.37. The lowest BCUT2D eigenvalue weighted by Gasteiger charge is -2.45. The van der Waals surface area contributed by atoms with Gasteiger partial charge in [-0.3, -0.25) is 9.78 Å². The van der Waals surface area contributed by atoms with Gasteiger partial charge in [-0.2, -0.15) is 12.7 Å². The van der Waals surface area contributed by atoms with Gasteiger partial charge in [0.1, 0.15) is 5.75 Å². The zero-order valence-corrected chi connectivity index (χ0v) is 28.1. The van der Waals surface area contributed by atoms with Gasteiger partial charge in [-0.15, -0.1) is 0 Å². The maximum absolute atomic E-state index is 13.8. The number of aliphatic hydroxyl groups is 1. The van der Waals surface area contributed by atoms with Gasteiger partial charge < -0.3 is 14.7 Å². The van der Waals surface area contributed by atoms with Crippen molar-refractivity contribution in [3.8, 4) is 5.75 Å². The Morgan fingerprint density at radius 1 is 1.15 bits per heavy atom. The van der Waals surface area contributed by atoms with Crippen molar-refractivity contribution in [2.24, 2.45) is 11.8 Å². The van der Waals surface area contributed by atoms with Crippen LogP contribution in [-0.2, 0) is 28.6 Å². The smallest absolute Gasteiger partial charge is 0.304 e. The second-order valence-corrected chi connectivity index (χ2v) is 15.7. The van der Waals surface area contributed by atoms with Gasteiger partial charge in [0.25, 0.3) is 5.91 Å². The summed E-state index contributed by atoms with van der Waals surface area (Å²) in [6.07, 6.45) is 9.83. The molecule has 3 aromatic rings. The van der Waals surface area contributed by atoms with Gasteiger partial charge in [-0.25, -0.2) is 4.72 Å². The number of hydrogen-bond acceptors (Lipinski definition) is 7. The standard InChI is InChI=1S/C36H41ClN4O5S/c1-24-6-4-9-33(42)30-13-10-27(30)20-40-22-36(16-5-7-25-18-28(37)12-14-31(25)36)23-46-34-15-11-26(19-32(34)40)35(43)39-47(44,45)41(24)21-29-8-2-3-17-38-29/h2-4,8-9,11-12,14-15,17-19,24,27,30,33,42H,5-7,10,13,16,20-23H2,1H3,(H,39,43)/b9-4+/t24-,27?,30?,33-,36-/m0/s1. The van der Waals surface area contributed by atoms with Crippen LogP contribution in [0.5, 0.6) is 5.75 Å². The van der Waals surface area contributed by atoms with E-state index in [2.05, 4.69) is 26.7 Å². The van der Waals surface area contributed by atoms with Crippen molar-refractivity contribution in [1.82, 2.24) is 14.0 Å². The summed E-state index contributed by atoms with van der Waals surface area (Å²) in [5.74, 6) is 0.275. The second kappa shape index (κ2) is 12.9. The third-order valence-electron chi connectivity index (χ3n) is 10.5. The first-order valence-electron chi connectivity index (χ1n) is 16.5.